The first-order chi connectivity index (χ1) is 14.0. The molecule has 2 heterocycles. The minimum Gasteiger partial charge on any atom is -0.493 e. The number of carbonyl (C=O) groups is 3. The highest BCUT2D eigenvalue weighted by molar-refractivity contribution is 6.23. The third-order valence-corrected chi connectivity index (χ3v) is 4.44. The minimum absolute atomic E-state index is 0.107. The van der Waals surface area contributed by atoms with Gasteiger partial charge in [-0.25, -0.2) is 4.79 Å². The number of imide groups is 2. The average molecular weight is 399 g/mol. The molecule has 9 nitrogen and oxygen atoms in total. The van der Waals surface area contributed by atoms with Gasteiger partial charge in [0, 0.05) is 12.8 Å². The lowest BCUT2D eigenvalue weighted by Crippen LogP contribution is -2.58. The number of hydrogen-bond donors (Lipinski definition) is 1. The normalized spacial score (nSPS) is 17.0. The van der Waals surface area contributed by atoms with E-state index in [2.05, 4.69) is 10.3 Å². The Morgan fingerprint density at radius 3 is 2.66 bits per heavy atom. The third kappa shape index (κ3) is 4.63. The maximum Gasteiger partial charge on any atom is 0.330 e. The van der Waals surface area contributed by atoms with E-state index in [9.17, 15) is 14.4 Å². The molecule has 152 valence electrons. The molecule has 1 aliphatic rings. The van der Waals surface area contributed by atoms with Gasteiger partial charge in [0.15, 0.2) is 17.4 Å². The molecule has 29 heavy (non-hydrogen) atoms. The van der Waals surface area contributed by atoms with Crippen LogP contribution in [0.5, 0.6) is 11.5 Å². The summed E-state index contributed by atoms with van der Waals surface area (Å²) >= 11 is 0. The second kappa shape index (κ2) is 9.05. The zero-order valence-electron chi connectivity index (χ0n) is 16.1. The lowest BCUT2D eigenvalue weighted by atomic mass is 10.1. The Balaban J connectivity index is 1.66. The molecule has 1 N–H and O–H groups in total. The molecule has 9 heteroatoms. The van der Waals surface area contributed by atoms with Gasteiger partial charge in [0.25, 0.3) is 0 Å². The highest BCUT2D eigenvalue weighted by atomic mass is 16.5. The van der Waals surface area contributed by atoms with Crippen LogP contribution in [-0.2, 0) is 22.6 Å². The standard InChI is InChI=1S/C20H21N3O6/c1-27-16-6-5-13(10-17(16)28-2)7-8-23-19(25)15(18(24)22-20(23)26)12-21-11-14-4-3-9-29-14/h3-6,9-10,12,15H,7-8,11H2,1-2H3,(H,22,24,26)/t15-/m1/s1. The Labute approximate surface area is 167 Å². The van der Waals surface area contributed by atoms with Crippen LogP contribution in [0, 0.1) is 5.92 Å². The van der Waals surface area contributed by atoms with Crippen molar-refractivity contribution in [2.45, 2.75) is 13.0 Å². The van der Waals surface area contributed by atoms with Crippen molar-refractivity contribution in [1.29, 1.82) is 0 Å². The van der Waals surface area contributed by atoms with Gasteiger partial charge in [0.1, 0.15) is 5.76 Å². The van der Waals surface area contributed by atoms with Crippen LogP contribution in [0.3, 0.4) is 0 Å². The van der Waals surface area contributed by atoms with E-state index in [1.165, 1.54) is 19.6 Å². The summed E-state index contributed by atoms with van der Waals surface area (Å²) in [6.45, 7) is 0.305. The van der Waals surface area contributed by atoms with Gasteiger partial charge in [-0.3, -0.25) is 24.8 Å². The summed E-state index contributed by atoms with van der Waals surface area (Å²) in [6.07, 6.45) is 3.15. The molecule has 1 saturated heterocycles. The van der Waals surface area contributed by atoms with Crippen LogP contribution in [0.25, 0.3) is 0 Å². The maximum absolute atomic E-state index is 12.7. The largest absolute Gasteiger partial charge is 0.493 e. The topological polar surface area (TPSA) is 110 Å². The van der Waals surface area contributed by atoms with Crippen molar-refractivity contribution in [3.63, 3.8) is 0 Å². The van der Waals surface area contributed by atoms with Crippen molar-refractivity contribution in [1.82, 2.24) is 10.2 Å². The van der Waals surface area contributed by atoms with Gasteiger partial charge in [-0.1, -0.05) is 6.07 Å². The summed E-state index contributed by atoms with van der Waals surface area (Å²) in [5.41, 5.74) is 0.850. The summed E-state index contributed by atoms with van der Waals surface area (Å²) in [7, 11) is 3.07. The van der Waals surface area contributed by atoms with Crippen molar-refractivity contribution in [2.75, 3.05) is 20.8 Å². The van der Waals surface area contributed by atoms with Gasteiger partial charge in [0.2, 0.25) is 11.8 Å². The Kier molecular flexibility index (Phi) is 6.28. The number of ether oxygens (including phenoxy) is 2. The van der Waals surface area contributed by atoms with Gasteiger partial charge in [-0.15, -0.1) is 0 Å². The Bertz CT molecular complexity index is 922. The first kappa shape index (κ1) is 20.1. The van der Waals surface area contributed by atoms with Crippen LogP contribution in [0.4, 0.5) is 4.79 Å². The van der Waals surface area contributed by atoms with Gasteiger partial charge >= 0.3 is 6.03 Å². The quantitative estimate of drug-likeness (QED) is 0.535. The van der Waals surface area contributed by atoms with Gasteiger partial charge < -0.3 is 13.9 Å². The van der Waals surface area contributed by atoms with E-state index in [4.69, 9.17) is 13.9 Å². The Hall–Kier alpha value is -3.62. The number of methoxy groups -OCH3 is 2. The zero-order valence-corrected chi connectivity index (χ0v) is 16.1. The number of barbiturate groups is 1. The molecule has 2 aromatic rings. The molecule has 0 spiro atoms. The lowest BCUT2D eigenvalue weighted by Gasteiger charge is -2.28. The number of nitrogens with one attached hydrogen (secondary N) is 1. The summed E-state index contributed by atoms with van der Waals surface area (Å²) < 4.78 is 15.6. The SMILES string of the molecule is COc1ccc(CCN2C(=O)NC(=O)[C@@H](C=NCc3ccco3)C2=O)cc1OC. The predicted octanol–water partition coefficient (Wildman–Crippen LogP) is 1.80. The van der Waals surface area contributed by atoms with E-state index < -0.39 is 23.8 Å². The van der Waals surface area contributed by atoms with Crippen LogP contribution in [-0.4, -0.2) is 49.7 Å². The second-order valence-electron chi connectivity index (χ2n) is 6.27. The Morgan fingerprint density at radius 1 is 1.17 bits per heavy atom. The number of carbonyl (C=O) groups excluding carboxylic acids is 3. The van der Waals surface area contributed by atoms with E-state index in [0.717, 1.165) is 10.5 Å². The number of amides is 4. The van der Waals surface area contributed by atoms with E-state index in [0.29, 0.717) is 23.7 Å². The fourth-order valence-electron chi connectivity index (χ4n) is 2.90. The third-order valence-electron chi connectivity index (χ3n) is 4.44. The van der Waals surface area contributed by atoms with Crippen molar-refractivity contribution in [3.05, 3.63) is 47.9 Å². The van der Waals surface area contributed by atoms with E-state index in [1.807, 2.05) is 6.07 Å². The fraction of sp³-hybridized carbons (Fsp3) is 0.300. The molecule has 3 rings (SSSR count). The molecule has 0 aliphatic carbocycles. The molecular weight excluding hydrogens is 378 g/mol. The van der Waals surface area contributed by atoms with Crippen LogP contribution in [0.15, 0.2) is 46.0 Å². The highest BCUT2D eigenvalue weighted by Gasteiger charge is 2.39. The molecule has 1 atom stereocenters. The first-order valence-electron chi connectivity index (χ1n) is 8.93. The minimum atomic E-state index is -1.16. The van der Waals surface area contributed by atoms with Gasteiger partial charge in [-0.2, -0.15) is 0 Å². The molecule has 0 unspecified atom stereocenters. The van der Waals surface area contributed by atoms with Crippen molar-refractivity contribution in [3.8, 4) is 11.5 Å². The predicted molar refractivity (Wildman–Crippen MR) is 103 cm³/mol. The second-order valence-corrected chi connectivity index (χ2v) is 6.27. The molecular formula is C20H21N3O6. The summed E-state index contributed by atoms with van der Waals surface area (Å²) in [5, 5.41) is 2.20. The molecule has 0 radical (unpaired) electrons. The van der Waals surface area contributed by atoms with Crippen LogP contribution < -0.4 is 14.8 Å². The van der Waals surface area contributed by atoms with E-state index >= 15 is 0 Å². The molecule has 1 aromatic carbocycles. The van der Waals surface area contributed by atoms with Gasteiger partial charge in [-0.05, 0) is 36.2 Å². The average Bonchev–Trinajstić information content (AvgIpc) is 3.23. The maximum atomic E-state index is 12.7. The smallest absolute Gasteiger partial charge is 0.330 e. The van der Waals surface area contributed by atoms with Gasteiger partial charge in [0.05, 0.1) is 27.0 Å². The Morgan fingerprint density at radius 2 is 1.97 bits per heavy atom. The molecule has 0 saturated carbocycles. The number of furan rings is 1. The molecule has 1 aliphatic heterocycles. The number of benzene rings is 1. The fourth-order valence-corrected chi connectivity index (χ4v) is 2.90. The summed E-state index contributed by atoms with van der Waals surface area (Å²) in [4.78, 5) is 42.0. The molecule has 4 amide bonds. The summed E-state index contributed by atoms with van der Waals surface area (Å²) in [6, 6.07) is 8.06. The van der Waals surface area contributed by atoms with Crippen molar-refractivity contribution < 1.29 is 28.3 Å². The van der Waals surface area contributed by atoms with Crippen molar-refractivity contribution in [2.24, 2.45) is 10.9 Å². The van der Waals surface area contributed by atoms with Crippen molar-refractivity contribution >= 4 is 24.1 Å². The number of rotatable bonds is 8. The highest BCUT2D eigenvalue weighted by Crippen LogP contribution is 2.27. The number of hydrogen-bond acceptors (Lipinski definition) is 7. The number of urea groups is 1. The van der Waals surface area contributed by atoms with E-state index in [1.54, 1.807) is 31.4 Å². The monoisotopic (exact) mass is 399 g/mol. The first-order valence-corrected chi connectivity index (χ1v) is 8.93. The molecule has 0 bridgehead atoms. The zero-order chi connectivity index (χ0) is 20.8. The van der Waals surface area contributed by atoms with Crippen LogP contribution >= 0.6 is 0 Å². The van der Waals surface area contributed by atoms with Crippen LogP contribution in [0.1, 0.15) is 11.3 Å². The number of aliphatic imine (C=N–C) groups is 1. The number of nitrogens with zero attached hydrogens (tertiary/aromatic N) is 2. The molecule has 1 aromatic heterocycles. The lowest BCUT2D eigenvalue weighted by molar-refractivity contribution is -0.139. The van der Waals surface area contributed by atoms with Crippen LogP contribution in [0.2, 0.25) is 0 Å². The van der Waals surface area contributed by atoms with E-state index in [-0.39, 0.29) is 13.1 Å². The molecule has 1 fully saturated rings. The summed E-state index contributed by atoms with van der Waals surface area (Å²) in [5.74, 6) is -0.716.